The number of benzene rings is 1. The molecule has 1 aromatic carbocycles. The minimum Gasteiger partial charge on any atom is -0.433 e. The predicted octanol–water partition coefficient (Wildman–Crippen LogP) is 2.14. The largest absolute Gasteiger partial charge is 0.433 e. The minimum absolute atomic E-state index is 0.0130. The number of rotatable bonds is 7. The van der Waals surface area contributed by atoms with Crippen LogP contribution in [0.3, 0.4) is 0 Å². The maximum atomic E-state index is 13.2. The fourth-order valence-corrected chi connectivity index (χ4v) is 5.19. The Hall–Kier alpha value is -2.85. The molecule has 0 radical (unpaired) electrons. The van der Waals surface area contributed by atoms with Crippen molar-refractivity contribution in [2.24, 2.45) is 0 Å². The maximum absolute atomic E-state index is 13.2. The van der Waals surface area contributed by atoms with Gasteiger partial charge in [-0.15, -0.1) is 0 Å². The van der Waals surface area contributed by atoms with Crippen molar-refractivity contribution in [3.8, 4) is 0 Å². The first-order valence-electron chi connectivity index (χ1n) is 12.5. The molecule has 0 aromatic heterocycles. The summed E-state index contributed by atoms with van der Waals surface area (Å²) in [6.07, 6.45) is 5.49. The second-order valence-electron chi connectivity index (χ2n) is 9.69. The van der Waals surface area contributed by atoms with E-state index in [2.05, 4.69) is 10.6 Å². The molecule has 4 atom stereocenters. The number of nitrogens with zero attached hydrogens (tertiary/aromatic N) is 1. The number of esters is 1. The third kappa shape index (κ3) is 6.10. The number of nitrogens with one attached hydrogen (secondary N) is 2. The first-order chi connectivity index (χ1) is 17.2. The molecular weight excluding hydrogens is 488 g/mol. The van der Waals surface area contributed by atoms with Crippen LogP contribution in [0, 0.1) is 0 Å². The van der Waals surface area contributed by atoms with Crippen molar-refractivity contribution >= 4 is 41.0 Å². The fourth-order valence-electron chi connectivity index (χ4n) is 5.01. The lowest BCUT2D eigenvalue weighted by Gasteiger charge is -2.30. The van der Waals surface area contributed by atoms with E-state index in [1.165, 1.54) is 29.5 Å². The Morgan fingerprint density at radius 3 is 2.64 bits per heavy atom. The smallest absolute Gasteiger partial charge is 0.310 e. The molecule has 10 nitrogen and oxygen atoms in total. The number of nitrogens with two attached hydrogens (primary N) is 1. The van der Waals surface area contributed by atoms with Crippen LogP contribution in [0.1, 0.15) is 68.6 Å². The monoisotopic (exact) mass is 520 g/mol. The van der Waals surface area contributed by atoms with Gasteiger partial charge in [0.15, 0.2) is 0 Å². The summed E-state index contributed by atoms with van der Waals surface area (Å²) in [6.45, 7) is 1.97. The molecule has 2 saturated heterocycles. The second kappa shape index (κ2) is 11.5. The van der Waals surface area contributed by atoms with Crippen molar-refractivity contribution in [2.45, 2.75) is 88.8 Å². The Balaban J connectivity index is 1.34. The van der Waals surface area contributed by atoms with E-state index in [4.69, 9.17) is 26.8 Å². The molecule has 11 heteroatoms. The second-order valence-corrected chi connectivity index (χ2v) is 10.1. The number of amides is 3. The molecule has 196 valence electrons. The zero-order valence-electron chi connectivity index (χ0n) is 20.3. The van der Waals surface area contributed by atoms with Crippen molar-refractivity contribution < 1.29 is 28.7 Å². The van der Waals surface area contributed by atoms with Crippen LogP contribution in [-0.2, 0) is 23.9 Å². The highest BCUT2D eigenvalue weighted by Crippen LogP contribution is 2.27. The number of cyclic esters (lactones) is 1. The van der Waals surface area contributed by atoms with Gasteiger partial charge in [0.05, 0.1) is 23.2 Å². The molecule has 2 aliphatic heterocycles. The first-order valence-corrected chi connectivity index (χ1v) is 12.9. The van der Waals surface area contributed by atoms with Gasteiger partial charge in [0.1, 0.15) is 18.1 Å². The predicted molar refractivity (Wildman–Crippen MR) is 132 cm³/mol. The van der Waals surface area contributed by atoms with Gasteiger partial charge in [-0.1, -0.05) is 30.9 Å². The molecule has 1 aromatic rings. The van der Waals surface area contributed by atoms with Gasteiger partial charge >= 0.3 is 5.97 Å². The molecule has 36 heavy (non-hydrogen) atoms. The lowest BCUT2D eigenvalue weighted by atomic mass is 9.98. The third-order valence-corrected chi connectivity index (χ3v) is 7.32. The average molecular weight is 521 g/mol. The number of carbonyl (C=O) groups excluding carboxylic acids is 4. The van der Waals surface area contributed by atoms with Crippen LogP contribution in [0.5, 0.6) is 0 Å². The van der Waals surface area contributed by atoms with E-state index >= 15 is 0 Å². The van der Waals surface area contributed by atoms with Gasteiger partial charge in [0.2, 0.25) is 18.1 Å². The first kappa shape index (κ1) is 26.2. The summed E-state index contributed by atoms with van der Waals surface area (Å²) in [4.78, 5) is 52.3. The van der Waals surface area contributed by atoms with Crippen molar-refractivity contribution in [1.82, 2.24) is 15.5 Å². The molecule has 3 amide bonds. The summed E-state index contributed by atoms with van der Waals surface area (Å²) in [5.74, 6) is -1.61. The number of halogens is 1. The summed E-state index contributed by atoms with van der Waals surface area (Å²) in [6, 6.07) is 2.32. The van der Waals surface area contributed by atoms with Crippen molar-refractivity contribution in [2.75, 3.05) is 12.3 Å². The molecule has 3 aliphatic rings. The SMILES string of the molecule is CC(NC(=O)c1ccc(N)c(Cl)c1)C(=O)N1CCCC1C(=O)NC1CC(=O)OC1OC1CCCCC1. The molecule has 3 fully saturated rings. The van der Waals surface area contributed by atoms with E-state index in [-0.39, 0.29) is 34.9 Å². The van der Waals surface area contributed by atoms with E-state index in [1.54, 1.807) is 6.92 Å². The Bertz CT molecular complexity index is 1010. The Labute approximate surface area is 215 Å². The van der Waals surface area contributed by atoms with Crippen LogP contribution < -0.4 is 16.4 Å². The normalized spacial score (nSPS) is 25.3. The van der Waals surface area contributed by atoms with Crippen LogP contribution in [-0.4, -0.2) is 65.7 Å². The van der Waals surface area contributed by atoms with E-state index in [0.717, 1.165) is 25.7 Å². The topological polar surface area (TPSA) is 140 Å². The molecule has 4 N–H and O–H groups in total. The number of anilines is 1. The third-order valence-electron chi connectivity index (χ3n) is 6.99. The van der Waals surface area contributed by atoms with Gasteiger partial charge in [-0.05, 0) is 50.8 Å². The molecule has 4 unspecified atom stereocenters. The number of hydrogen-bond acceptors (Lipinski definition) is 7. The van der Waals surface area contributed by atoms with Crippen LogP contribution >= 0.6 is 11.6 Å². The van der Waals surface area contributed by atoms with E-state index < -0.39 is 36.3 Å². The maximum Gasteiger partial charge on any atom is 0.310 e. The highest BCUT2D eigenvalue weighted by molar-refractivity contribution is 6.33. The molecule has 2 heterocycles. The summed E-state index contributed by atoms with van der Waals surface area (Å²) in [5, 5.41) is 5.79. The van der Waals surface area contributed by atoms with Crippen molar-refractivity contribution in [3.05, 3.63) is 28.8 Å². The zero-order chi connectivity index (χ0) is 25.8. The Kier molecular flexibility index (Phi) is 8.35. The number of ether oxygens (including phenoxy) is 2. The Morgan fingerprint density at radius 1 is 1.17 bits per heavy atom. The van der Waals surface area contributed by atoms with Gasteiger partial charge in [0.25, 0.3) is 5.91 Å². The fraction of sp³-hybridized carbons (Fsp3) is 0.600. The van der Waals surface area contributed by atoms with Crippen molar-refractivity contribution in [3.63, 3.8) is 0 Å². The molecule has 1 saturated carbocycles. The van der Waals surface area contributed by atoms with Crippen LogP contribution in [0.4, 0.5) is 5.69 Å². The summed E-state index contributed by atoms with van der Waals surface area (Å²) in [5.41, 5.74) is 6.32. The highest BCUT2D eigenvalue weighted by Gasteiger charge is 2.42. The molecule has 0 spiro atoms. The van der Waals surface area contributed by atoms with Crippen LogP contribution in [0.15, 0.2) is 18.2 Å². The molecule has 1 aliphatic carbocycles. The molecule has 4 rings (SSSR count). The van der Waals surface area contributed by atoms with Gasteiger partial charge in [0, 0.05) is 12.1 Å². The van der Waals surface area contributed by atoms with E-state index in [1.807, 2.05) is 0 Å². The van der Waals surface area contributed by atoms with E-state index in [9.17, 15) is 19.2 Å². The number of carbonyl (C=O) groups is 4. The summed E-state index contributed by atoms with van der Waals surface area (Å²) < 4.78 is 11.3. The van der Waals surface area contributed by atoms with Gasteiger partial charge in [-0.3, -0.25) is 19.2 Å². The standard InChI is InChI=1S/C25H33ClN4O6/c1-14(28-22(32)15-9-10-18(27)17(26)12-15)24(34)30-11-5-8-20(30)23(33)29-19-13-21(31)36-25(19)35-16-6-3-2-4-7-16/h9-10,12,14,16,19-20,25H,2-8,11,13,27H2,1H3,(H,28,32)(H,29,33). The zero-order valence-corrected chi connectivity index (χ0v) is 21.1. The summed E-state index contributed by atoms with van der Waals surface area (Å²) in [7, 11) is 0. The van der Waals surface area contributed by atoms with E-state index in [0.29, 0.717) is 25.1 Å². The van der Waals surface area contributed by atoms with Crippen LogP contribution in [0.2, 0.25) is 5.02 Å². The van der Waals surface area contributed by atoms with Gasteiger partial charge in [-0.2, -0.15) is 0 Å². The lowest BCUT2D eigenvalue weighted by Crippen LogP contribution is -2.54. The summed E-state index contributed by atoms with van der Waals surface area (Å²) >= 11 is 5.99. The Morgan fingerprint density at radius 2 is 1.92 bits per heavy atom. The lowest BCUT2D eigenvalue weighted by molar-refractivity contribution is -0.180. The highest BCUT2D eigenvalue weighted by atomic mass is 35.5. The number of likely N-dealkylation sites (tertiary alicyclic amines) is 1. The van der Waals surface area contributed by atoms with Crippen LogP contribution in [0.25, 0.3) is 0 Å². The average Bonchev–Trinajstić information content (AvgIpc) is 3.47. The number of nitrogen functional groups attached to an aromatic ring is 1. The van der Waals surface area contributed by atoms with Gasteiger partial charge < -0.3 is 30.7 Å². The quantitative estimate of drug-likeness (QED) is 0.369. The molecular formula is C25H33ClN4O6. The number of hydrogen-bond donors (Lipinski definition) is 3. The van der Waals surface area contributed by atoms with Crippen molar-refractivity contribution in [1.29, 1.82) is 0 Å². The molecule has 0 bridgehead atoms. The minimum atomic E-state index is -0.860. The van der Waals surface area contributed by atoms with Gasteiger partial charge in [-0.25, -0.2) is 0 Å².